The van der Waals surface area contributed by atoms with Gasteiger partial charge in [0.15, 0.2) is 0 Å². The Morgan fingerprint density at radius 3 is 2.00 bits per heavy atom. The third kappa shape index (κ3) is 9.55. The van der Waals surface area contributed by atoms with E-state index in [1.54, 1.807) is 0 Å². The van der Waals surface area contributed by atoms with Crippen LogP contribution in [0.15, 0.2) is 0 Å². The first-order valence-corrected chi connectivity index (χ1v) is 13.7. The van der Waals surface area contributed by atoms with Crippen LogP contribution in [-0.2, 0) is 9.53 Å². The van der Waals surface area contributed by atoms with Crippen LogP contribution in [0, 0.1) is 28.6 Å². The molecule has 0 unspecified atom stereocenters. The number of carbonyl (C=O) groups excluding carboxylic acids is 1. The van der Waals surface area contributed by atoms with Gasteiger partial charge in [-0.2, -0.15) is 5.26 Å². The quantitative estimate of drug-likeness (QED) is 0.204. The zero-order valence-electron chi connectivity index (χ0n) is 20.6. The Labute approximate surface area is 192 Å². The second-order valence-electron chi connectivity index (χ2n) is 10.6. The van der Waals surface area contributed by atoms with Crippen LogP contribution in [0.3, 0.4) is 0 Å². The maximum absolute atomic E-state index is 12.7. The lowest BCUT2D eigenvalue weighted by molar-refractivity contribution is -0.157. The summed E-state index contributed by atoms with van der Waals surface area (Å²) in [6.07, 6.45) is 23.6. The van der Waals surface area contributed by atoms with E-state index in [1.165, 1.54) is 77.0 Å². The van der Waals surface area contributed by atoms with Crippen molar-refractivity contribution in [3.8, 4) is 6.07 Å². The number of hydrogen-bond donors (Lipinski definition) is 0. The van der Waals surface area contributed by atoms with Crippen LogP contribution in [0.25, 0.3) is 0 Å². The summed E-state index contributed by atoms with van der Waals surface area (Å²) in [4.78, 5) is 12.7. The summed E-state index contributed by atoms with van der Waals surface area (Å²) in [6, 6.07) is 2.63. The van der Waals surface area contributed by atoms with Gasteiger partial charge in [-0.1, -0.05) is 84.5 Å². The lowest BCUT2D eigenvalue weighted by atomic mass is 9.69. The molecule has 0 heterocycles. The van der Waals surface area contributed by atoms with E-state index in [4.69, 9.17) is 4.74 Å². The van der Waals surface area contributed by atoms with Crippen LogP contribution in [0.2, 0.25) is 0 Å². The highest BCUT2D eigenvalue weighted by Crippen LogP contribution is 2.43. The fourth-order valence-corrected chi connectivity index (χ4v) is 5.73. The standard InChI is InChI=1S/C28H49NO2/c1-3-5-7-9-11-13-24-14-16-26(17-15-24)31-27(30)25-18-21-28(23-29,22-19-25)20-12-10-8-6-4-2/h24-26H,3-22H2,1-2H3/t24?,25-,26?,28-. The van der Waals surface area contributed by atoms with Gasteiger partial charge >= 0.3 is 5.97 Å². The topological polar surface area (TPSA) is 50.1 Å². The fraction of sp³-hybridized carbons (Fsp3) is 0.929. The maximum Gasteiger partial charge on any atom is 0.309 e. The zero-order valence-corrected chi connectivity index (χ0v) is 20.6. The van der Waals surface area contributed by atoms with Crippen LogP contribution in [0.1, 0.15) is 142 Å². The first kappa shape index (κ1) is 26.2. The minimum Gasteiger partial charge on any atom is -0.462 e. The Morgan fingerprint density at radius 2 is 1.42 bits per heavy atom. The van der Waals surface area contributed by atoms with Crippen molar-refractivity contribution in [2.24, 2.45) is 17.3 Å². The molecular formula is C28H49NO2. The predicted molar refractivity (Wildman–Crippen MR) is 129 cm³/mol. The van der Waals surface area contributed by atoms with Crippen molar-refractivity contribution in [1.29, 1.82) is 5.26 Å². The SMILES string of the molecule is CCCCCCCC1CCC(OC(=O)[C@H]2CC[C@@](C#N)(CCCCCCC)CC2)CC1. The van der Waals surface area contributed by atoms with E-state index in [1.807, 2.05) is 0 Å². The van der Waals surface area contributed by atoms with Gasteiger partial charge in [-0.15, -0.1) is 0 Å². The minimum atomic E-state index is -0.182. The largest absolute Gasteiger partial charge is 0.462 e. The van der Waals surface area contributed by atoms with Crippen LogP contribution >= 0.6 is 0 Å². The summed E-state index contributed by atoms with van der Waals surface area (Å²) in [6.45, 7) is 4.50. The molecule has 178 valence electrons. The Hall–Kier alpha value is -1.04. The van der Waals surface area contributed by atoms with Gasteiger partial charge in [0.1, 0.15) is 6.10 Å². The molecule has 0 aromatic heterocycles. The number of hydrogen-bond acceptors (Lipinski definition) is 3. The minimum absolute atomic E-state index is 0.0255. The molecular weight excluding hydrogens is 382 g/mol. The van der Waals surface area contributed by atoms with Crippen LogP contribution in [-0.4, -0.2) is 12.1 Å². The van der Waals surface area contributed by atoms with Crippen LogP contribution in [0.4, 0.5) is 0 Å². The van der Waals surface area contributed by atoms with E-state index < -0.39 is 0 Å². The van der Waals surface area contributed by atoms with Gasteiger partial charge in [-0.25, -0.2) is 0 Å². The van der Waals surface area contributed by atoms with Crippen molar-refractivity contribution in [1.82, 2.24) is 0 Å². The highest BCUT2D eigenvalue weighted by atomic mass is 16.5. The second-order valence-corrected chi connectivity index (χ2v) is 10.6. The Balaban J connectivity index is 1.62. The van der Waals surface area contributed by atoms with Gasteiger partial charge in [-0.3, -0.25) is 4.79 Å². The molecule has 0 aliphatic heterocycles. The van der Waals surface area contributed by atoms with Gasteiger partial charge in [0.2, 0.25) is 0 Å². The number of rotatable bonds is 14. The average Bonchev–Trinajstić information content (AvgIpc) is 2.80. The number of nitrogens with zero attached hydrogens (tertiary/aromatic N) is 1. The van der Waals surface area contributed by atoms with Gasteiger partial charge in [0.05, 0.1) is 17.4 Å². The lowest BCUT2D eigenvalue weighted by Gasteiger charge is -2.35. The van der Waals surface area contributed by atoms with Gasteiger partial charge in [0.25, 0.3) is 0 Å². The van der Waals surface area contributed by atoms with Gasteiger partial charge < -0.3 is 4.74 Å². The summed E-state index contributed by atoms with van der Waals surface area (Å²) in [5.74, 6) is 0.898. The number of nitriles is 1. The molecule has 2 aliphatic rings. The molecule has 0 aromatic rings. The van der Waals surface area contributed by atoms with Crippen LogP contribution < -0.4 is 0 Å². The van der Waals surface area contributed by atoms with Crippen molar-refractivity contribution >= 4 is 5.97 Å². The molecule has 0 amide bonds. The molecule has 0 atom stereocenters. The molecule has 0 bridgehead atoms. The van der Waals surface area contributed by atoms with Crippen molar-refractivity contribution in [3.05, 3.63) is 0 Å². The Kier molecular flexibility index (Phi) is 12.6. The number of unbranched alkanes of at least 4 members (excludes halogenated alkanes) is 8. The summed E-state index contributed by atoms with van der Waals surface area (Å²) < 4.78 is 5.94. The van der Waals surface area contributed by atoms with Gasteiger partial charge in [0, 0.05) is 0 Å². The number of ether oxygens (including phenoxy) is 1. The van der Waals surface area contributed by atoms with Crippen LogP contribution in [0.5, 0.6) is 0 Å². The lowest BCUT2D eigenvalue weighted by Crippen LogP contribution is -2.33. The molecule has 3 nitrogen and oxygen atoms in total. The van der Waals surface area contributed by atoms with Crippen molar-refractivity contribution in [3.63, 3.8) is 0 Å². The molecule has 2 saturated carbocycles. The summed E-state index contributed by atoms with van der Waals surface area (Å²) in [5, 5.41) is 9.79. The average molecular weight is 432 g/mol. The highest BCUT2D eigenvalue weighted by Gasteiger charge is 2.38. The monoisotopic (exact) mass is 431 g/mol. The molecule has 31 heavy (non-hydrogen) atoms. The predicted octanol–water partition coefficient (Wildman–Crippen LogP) is 8.51. The smallest absolute Gasteiger partial charge is 0.309 e. The third-order valence-corrected chi connectivity index (χ3v) is 8.06. The molecule has 3 heteroatoms. The molecule has 0 spiro atoms. The maximum atomic E-state index is 12.7. The van der Waals surface area contributed by atoms with E-state index in [2.05, 4.69) is 19.9 Å². The number of esters is 1. The Morgan fingerprint density at radius 1 is 0.839 bits per heavy atom. The zero-order chi connectivity index (χ0) is 22.4. The van der Waals surface area contributed by atoms with E-state index in [0.717, 1.165) is 57.3 Å². The van der Waals surface area contributed by atoms with Gasteiger partial charge in [-0.05, 0) is 63.7 Å². The third-order valence-electron chi connectivity index (χ3n) is 8.06. The van der Waals surface area contributed by atoms with Crippen molar-refractivity contribution in [2.75, 3.05) is 0 Å². The van der Waals surface area contributed by atoms with Crippen molar-refractivity contribution < 1.29 is 9.53 Å². The first-order valence-electron chi connectivity index (χ1n) is 13.7. The van der Waals surface area contributed by atoms with E-state index in [0.29, 0.717) is 0 Å². The summed E-state index contributed by atoms with van der Waals surface area (Å²) >= 11 is 0. The first-order chi connectivity index (χ1) is 15.1. The Bertz CT molecular complexity index is 522. The normalized spacial score (nSPS) is 28.7. The highest BCUT2D eigenvalue weighted by molar-refractivity contribution is 5.72. The fourth-order valence-electron chi connectivity index (χ4n) is 5.73. The molecule has 2 aliphatic carbocycles. The van der Waals surface area contributed by atoms with E-state index in [9.17, 15) is 10.1 Å². The summed E-state index contributed by atoms with van der Waals surface area (Å²) in [5.41, 5.74) is -0.182. The molecule has 0 N–H and O–H groups in total. The molecule has 2 rings (SSSR count). The molecule has 0 saturated heterocycles. The van der Waals surface area contributed by atoms with E-state index >= 15 is 0 Å². The number of carbonyl (C=O) groups is 1. The molecule has 0 aromatic carbocycles. The van der Waals surface area contributed by atoms with E-state index in [-0.39, 0.29) is 23.4 Å². The summed E-state index contributed by atoms with van der Waals surface area (Å²) in [7, 11) is 0. The molecule has 2 fully saturated rings. The van der Waals surface area contributed by atoms with Crippen molar-refractivity contribution in [2.45, 2.75) is 148 Å². The molecule has 0 radical (unpaired) electrons. The second kappa shape index (κ2) is 14.9.